The van der Waals surface area contributed by atoms with Crippen LogP contribution in [0.15, 0.2) is 54.6 Å². The predicted molar refractivity (Wildman–Crippen MR) is 145 cm³/mol. The molecule has 1 N–H and O–H groups in total. The Morgan fingerprint density at radius 2 is 1.59 bits per heavy atom. The zero-order chi connectivity index (χ0) is 25.9. The van der Waals surface area contributed by atoms with E-state index in [1.54, 1.807) is 32.0 Å². The zero-order valence-electron chi connectivity index (χ0n) is 21.1. The molecule has 0 bridgehead atoms. The normalized spacial score (nSPS) is 14.5. The number of fused-ring (bicyclic) bond motifs is 1. The maximum absolute atomic E-state index is 13.9. The van der Waals surface area contributed by atoms with Crippen molar-refractivity contribution in [2.75, 3.05) is 19.8 Å². The van der Waals surface area contributed by atoms with E-state index in [-0.39, 0.29) is 17.3 Å². The van der Waals surface area contributed by atoms with Gasteiger partial charge in [-0.05, 0) is 92.4 Å². The first-order valence-corrected chi connectivity index (χ1v) is 13.4. The minimum absolute atomic E-state index is 0.111. The van der Waals surface area contributed by atoms with Crippen LogP contribution in [0.25, 0.3) is 10.1 Å². The molecule has 192 valence electrons. The second-order valence-corrected chi connectivity index (χ2v) is 10.6. The van der Waals surface area contributed by atoms with E-state index < -0.39 is 0 Å². The van der Waals surface area contributed by atoms with Crippen LogP contribution < -0.4 is 9.47 Å². The molecule has 0 atom stereocenters. The number of aryl methyl sites for hydroxylation is 2. The number of phenols is 1. The van der Waals surface area contributed by atoms with Gasteiger partial charge in [-0.15, -0.1) is 11.3 Å². The van der Waals surface area contributed by atoms with Gasteiger partial charge in [-0.2, -0.15) is 0 Å². The van der Waals surface area contributed by atoms with Gasteiger partial charge >= 0.3 is 0 Å². The van der Waals surface area contributed by atoms with Gasteiger partial charge in [0.2, 0.25) is 5.78 Å². The van der Waals surface area contributed by atoms with Gasteiger partial charge in [-0.3, -0.25) is 9.69 Å². The Labute approximate surface area is 220 Å². The van der Waals surface area contributed by atoms with Crippen molar-refractivity contribution in [2.24, 2.45) is 0 Å². The number of ketones is 1. The van der Waals surface area contributed by atoms with Crippen LogP contribution in [0.2, 0.25) is 0 Å². The minimum Gasteiger partial charge on any atom is -0.508 e. The molecule has 2 heterocycles. The molecule has 3 aromatic carbocycles. The third-order valence-corrected chi connectivity index (χ3v) is 7.85. The van der Waals surface area contributed by atoms with Crippen molar-refractivity contribution in [3.63, 3.8) is 0 Å². The van der Waals surface area contributed by atoms with Crippen LogP contribution in [0.4, 0.5) is 4.39 Å². The molecule has 1 aliphatic rings. The van der Waals surface area contributed by atoms with Crippen LogP contribution >= 0.6 is 11.3 Å². The van der Waals surface area contributed by atoms with Crippen molar-refractivity contribution >= 4 is 27.2 Å². The second kappa shape index (κ2) is 10.9. The molecule has 0 amide bonds. The fourth-order valence-electron chi connectivity index (χ4n) is 4.85. The molecule has 0 aliphatic carbocycles. The SMILES string of the molecule is Cc1cc(F)cc(C)c1C(=O)c1sc2cc(O)ccc2c1Oc1ccc(OCN2CCCCCC2)cc1. The number of benzene rings is 3. The van der Waals surface area contributed by atoms with Crippen molar-refractivity contribution < 1.29 is 23.8 Å². The van der Waals surface area contributed by atoms with Crippen LogP contribution in [-0.4, -0.2) is 35.6 Å². The highest BCUT2D eigenvalue weighted by Gasteiger charge is 2.25. The fourth-order valence-corrected chi connectivity index (χ4v) is 5.96. The number of rotatable bonds is 7. The summed E-state index contributed by atoms with van der Waals surface area (Å²) in [6, 6.07) is 15.0. The molecular formula is C30H30FNO4S. The summed E-state index contributed by atoms with van der Waals surface area (Å²) in [5.41, 5.74) is 1.60. The summed E-state index contributed by atoms with van der Waals surface area (Å²) < 4.78 is 26.9. The predicted octanol–water partition coefficient (Wildman–Crippen LogP) is 7.60. The van der Waals surface area contributed by atoms with E-state index in [1.165, 1.54) is 49.2 Å². The van der Waals surface area contributed by atoms with Crippen LogP contribution in [0, 0.1) is 19.7 Å². The highest BCUT2D eigenvalue weighted by atomic mass is 32.1. The van der Waals surface area contributed by atoms with Gasteiger partial charge in [-0.25, -0.2) is 4.39 Å². The molecule has 7 heteroatoms. The maximum atomic E-state index is 13.9. The Morgan fingerprint density at radius 3 is 2.27 bits per heavy atom. The summed E-state index contributed by atoms with van der Waals surface area (Å²) in [5.74, 6) is 1.25. The van der Waals surface area contributed by atoms with Crippen LogP contribution in [0.1, 0.15) is 52.0 Å². The smallest absolute Gasteiger partial charge is 0.207 e. The number of hydrogen-bond acceptors (Lipinski definition) is 6. The van der Waals surface area contributed by atoms with Crippen molar-refractivity contribution in [3.05, 3.63) is 82.0 Å². The molecule has 4 aromatic rings. The Hall–Kier alpha value is -3.42. The largest absolute Gasteiger partial charge is 0.508 e. The first-order valence-electron chi connectivity index (χ1n) is 12.6. The highest BCUT2D eigenvalue weighted by Crippen LogP contribution is 2.43. The lowest BCUT2D eigenvalue weighted by molar-refractivity contribution is 0.103. The van der Waals surface area contributed by atoms with Gasteiger partial charge in [-0.1, -0.05) is 12.8 Å². The number of phenolic OH excluding ortho intramolecular Hbond substituents is 1. The lowest BCUT2D eigenvalue weighted by atomic mass is 9.97. The van der Waals surface area contributed by atoms with E-state index in [0.717, 1.165) is 28.9 Å². The summed E-state index contributed by atoms with van der Waals surface area (Å²) in [6.07, 6.45) is 4.98. The Morgan fingerprint density at radius 1 is 0.946 bits per heavy atom. The maximum Gasteiger partial charge on any atom is 0.207 e. The van der Waals surface area contributed by atoms with Crippen LogP contribution in [0.3, 0.4) is 0 Å². The Kier molecular flexibility index (Phi) is 7.44. The fraction of sp³-hybridized carbons (Fsp3) is 0.300. The summed E-state index contributed by atoms with van der Waals surface area (Å²) in [4.78, 5) is 16.4. The zero-order valence-corrected chi connectivity index (χ0v) is 21.9. The van der Waals surface area contributed by atoms with Gasteiger partial charge in [0.25, 0.3) is 0 Å². The highest BCUT2D eigenvalue weighted by molar-refractivity contribution is 7.21. The third-order valence-electron chi connectivity index (χ3n) is 6.71. The molecule has 0 unspecified atom stereocenters. The van der Waals surface area contributed by atoms with Crippen LogP contribution in [0.5, 0.6) is 23.0 Å². The topological polar surface area (TPSA) is 59.0 Å². The lowest BCUT2D eigenvalue weighted by Crippen LogP contribution is -2.28. The molecule has 1 aromatic heterocycles. The number of nitrogens with zero attached hydrogens (tertiary/aromatic N) is 1. The molecule has 0 saturated carbocycles. The summed E-state index contributed by atoms with van der Waals surface area (Å²) >= 11 is 1.25. The number of hydrogen-bond donors (Lipinski definition) is 1. The standard InChI is InChI=1S/C30H30FNO4S/c1-19-15-21(31)16-20(2)27(19)28(34)30-29(25-12-7-22(33)17-26(25)37-30)36-24-10-8-23(9-11-24)35-18-32-13-5-3-4-6-14-32/h7-12,15-17,33H,3-6,13-14,18H2,1-2H3. The lowest BCUT2D eigenvalue weighted by Gasteiger charge is -2.20. The molecule has 0 radical (unpaired) electrons. The van der Waals surface area contributed by atoms with E-state index in [0.29, 0.717) is 39.8 Å². The van der Waals surface area contributed by atoms with Crippen molar-refractivity contribution in [2.45, 2.75) is 39.5 Å². The van der Waals surface area contributed by atoms with E-state index >= 15 is 0 Å². The molecule has 5 rings (SSSR count). The van der Waals surface area contributed by atoms with Crippen molar-refractivity contribution in [1.82, 2.24) is 4.90 Å². The van der Waals surface area contributed by atoms with Gasteiger partial charge in [0.15, 0.2) is 5.75 Å². The second-order valence-electron chi connectivity index (χ2n) is 9.56. The van der Waals surface area contributed by atoms with Gasteiger partial charge in [0, 0.05) is 28.7 Å². The Balaban J connectivity index is 1.42. The minimum atomic E-state index is -0.373. The van der Waals surface area contributed by atoms with Gasteiger partial charge in [0.1, 0.15) is 34.7 Å². The Bertz CT molecular complexity index is 1400. The number of carbonyl (C=O) groups is 1. The molecule has 5 nitrogen and oxygen atoms in total. The van der Waals surface area contributed by atoms with Crippen molar-refractivity contribution in [3.8, 4) is 23.0 Å². The first-order chi connectivity index (χ1) is 17.9. The number of carbonyl (C=O) groups excluding carboxylic acids is 1. The summed E-state index contributed by atoms with van der Waals surface area (Å²) in [5, 5.41) is 10.7. The van der Waals surface area contributed by atoms with Gasteiger partial charge < -0.3 is 14.6 Å². The quantitative estimate of drug-likeness (QED) is 0.255. The molecule has 1 fully saturated rings. The molecule has 1 aliphatic heterocycles. The first kappa shape index (κ1) is 25.2. The van der Waals surface area contributed by atoms with Crippen molar-refractivity contribution in [1.29, 1.82) is 0 Å². The van der Waals surface area contributed by atoms with E-state index in [4.69, 9.17) is 9.47 Å². The molecule has 37 heavy (non-hydrogen) atoms. The average molecular weight is 520 g/mol. The number of halogens is 1. The summed E-state index contributed by atoms with van der Waals surface area (Å²) in [7, 11) is 0. The molecular weight excluding hydrogens is 489 g/mol. The van der Waals surface area contributed by atoms with E-state index in [1.807, 2.05) is 24.3 Å². The van der Waals surface area contributed by atoms with E-state index in [9.17, 15) is 14.3 Å². The number of thiophene rings is 1. The van der Waals surface area contributed by atoms with Gasteiger partial charge in [0.05, 0.1) is 0 Å². The molecule has 1 saturated heterocycles. The average Bonchev–Trinajstić information content (AvgIpc) is 3.01. The summed E-state index contributed by atoms with van der Waals surface area (Å²) in [6.45, 7) is 6.15. The molecule has 0 spiro atoms. The number of aromatic hydroxyl groups is 1. The third kappa shape index (κ3) is 5.63. The van der Waals surface area contributed by atoms with Crippen LogP contribution in [-0.2, 0) is 0 Å². The number of likely N-dealkylation sites (tertiary alicyclic amines) is 1. The van der Waals surface area contributed by atoms with E-state index in [2.05, 4.69) is 4.90 Å². The monoisotopic (exact) mass is 519 g/mol. The number of ether oxygens (including phenoxy) is 2.